The SMILES string of the molecule is C#CCOc1ccc(/C=C2/C(=O)NC(=O)N(c3ccc(C(=O)O)cc3)C2=O)cc1. The lowest BCUT2D eigenvalue weighted by molar-refractivity contribution is -0.122. The number of nitrogens with one attached hydrogen (secondary N) is 1. The number of barbiturate groups is 1. The zero-order valence-corrected chi connectivity index (χ0v) is 14.9. The van der Waals surface area contributed by atoms with E-state index in [9.17, 15) is 19.2 Å². The Bertz CT molecular complexity index is 1060. The van der Waals surface area contributed by atoms with Crippen LogP contribution in [0.3, 0.4) is 0 Å². The van der Waals surface area contributed by atoms with Crippen LogP contribution in [0.4, 0.5) is 10.5 Å². The van der Waals surface area contributed by atoms with E-state index in [1.54, 1.807) is 24.3 Å². The third-order valence-corrected chi connectivity index (χ3v) is 3.99. The van der Waals surface area contributed by atoms with Crippen molar-refractivity contribution in [1.82, 2.24) is 5.32 Å². The van der Waals surface area contributed by atoms with Gasteiger partial charge < -0.3 is 9.84 Å². The maximum Gasteiger partial charge on any atom is 0.335 e. The molecule has 1 aliphatic rings. The number of carboxylic acids is 1. The van der Waals surface area contributed by atoms with Gasteiger partial charge in [-0.25, -0.2) is 14.5 Å². The van der Waals surface area contributed by atoms with Crippen LogP contribution in [0.5, 0.6) is 5.75 Å². The highest BCUT2D eigenvalue weighted by Crippen LogP contribution is 2.23. The molecule has 8 nitrogen and oxygen atoms in total. The van der Waals surface area contributed by atoms with Crippen LogP contribution in [0.2, 0.25) is 0 Å². The number of benzene rings is 2. The minimum atomic E-state index is -1.14. The molecule has 29 heavy (non-hydrogen) atoms. The molecule has 8 heteroatoms. The molecule has 2 aromatic rings. The van der Waals surface area contributed by atoms with Crippen LogP contribution in [-0.4, -0.2) is 35.5 Å². The normalized spacial score (nSPS) is 15.1. The number of anilines is 1. The minimum absolute atomic E-state index is 0.00222. The molecule has 3 rings (SSSR count). The molecule has 0 spiro atoms. The molecule has 2 aromatic carbocycles. The molecular weight excluding hydrogens is 376 g/mol. The summed E-state index contributed by atoms with van der Waals surface area (Å²) in [6.45, 7) is 0.110. The van der Waals surface area contributed by atoms with Gasteiger partial charge in [-0.3, -0.25) is 14.9 Å². The van der Waals surface area contributed by atoms with Gasteiger partial charge in [-0.05, 0) is 48.0 Å². The zero-order chi connectivity index (χ0) is 21.0. The van der Waals surface area contributed by atoms with Crippen molar-refractivity contribution in [3.05, 3.63) is 65.2 Å². The molecule has 0 saturated carbocycles. The number of carboxylic acid groups (broad SMARTS) is 1. The summed E-state index contributed by atoms with van der Waals surface area (Å²) in [7, 11) is 0. The predicted octanol–water partition coefficient (Wildman–Crippen LogP) is 2.06. The number of nitrogens with zero attached hydrogens (tertiary/aromatic N) is 1. The maximum absolute atomic E-state index is 12.8. The molecule has 1 heterocycles. The van der Waals surface area contributed by atoms with Crippen LogP contribution in [0, 0.1) is 12.3 Å². The van der Waals surface area contributed by atoms with Crippen molar-refractivity contribution in [1.29, 1.82) is 0 Å². The zero-order valence-electron chi connectivity index (χ0n) is 14.9. The fourth-order valence-corrected chi connectivity index (χ4v) is 2.60. The fraction of sp³-hybridized carbons (Fsp3) is 0.0476. The summed E-state index contributed by atoms with van der Waals surface area (Å²) in [5.74, 6) is 0.0737. The summed E-state index contributed by atoms with van der Waals surface area (Å²) in [4.78, 5) is 48.9. The molecule has 2 N–H and O–H groups in total. The van der Waals surface area contributed by atoms with Crippen molar-refractivity contribution < 1.29 is 29.0 Å². The van der Waals surface area contributed by atoms with E-state index in [1.165, 1.54) is 30.3 Å². The second-order valence-corrected chi connectivity index (χ2v) is 5.87. The number of aromatic carboxylic acids is 1. The van der Waals surface area contributed by atoms with Gasteiger partial charge in [0.2, 0.25) is 0 Å². The number of urea groups is 1. The Hall–Kier alpha value is -4.38. The number of ether oxygens (including phenoxy) is 1. The maximum atomic E-state index is 12.8. The Balaban J connectivity index is 1.89. The first-order valence-corrected chi connectivity index (χ1v) is 8.32. The highest BCUT2D eigenvalue weighted by Gasteiger charge is 2.36. The first-order chi connectivity index (χ1) is 13.9. The van der Waals surface area contributed by atoms with Gasteiger partial charge in [0.1, 0.15) is 17.9 Å². The van der Waals surface area contributed by atoms with Gasteiger partial charge in [0.05, 0.1) is 11.3 Å². The number of terminal acetylenes is 1. The Morgan fingerprint density at radius 1 is 1.10 bits per heavy atom. The van der Waals surface area contributed by atoms with E-state index in [0.29, 0.717) is 11.3 Å². The Morgan fingerprint density at radius 2 is 1.76 bits per heavy atom. The third kappa shape index (κ3) is 4.14. The highest BCUT2D eigenvalue weighted by atomic mass is 16.5. The quantitative estimate of drug-likeness (QED) is 0.459. The smallest absolute Gasteiger partial charge is 0.335 e. The van der Waals surface area contributed by atoms with Crippen molar-refractivity contribution in [3.8, 4) is 18.1 Å². The summed E-state index contributed by atoms with van der Waals surface area (Å²) >= 11 is 0. The van der Waals surface area contributed by atoms with Crippen LogP contribution in [0.15, 0.2) is 54.1 Å². The van der Waals surface area contributed by atoms with Crippen molar-refractivity contribution in [2.75, 3.05) is 11.5 Å². The Labute approximate surface area is 165 Å². The summed E-state index contributed by atoms with van der Waals surface area (Å²) in [5, 5.41) is 11.1. The fourth-order valence-electron chi connectivity index (χ4n) is 2.60. The lowest BCUT2D eigenvalue weighted by Crippen LogP contribution is -2.54. The van der Waals surface area contributed by atoms with Gasteiger partial charge in [0.25, 0.3) is 11.8 Å². The molecule has 0 unspecified atom stereocenters. The van der Waals surface area contributed by atoms with Gasteiger partial charge in [0, 0.05) is 0 Å². The second kappa shape index (κ2) is 8.10. The van der Waals surface area contributed by atoms with Crippen molar-refractivity contribution in [2.24, 2.45) is 0 Å². The highest BCUT2D eigenvalue weighted by molar-refractivity contribution is 6.39. The summed E-state index contributed by atoms with van der Waals surface area (Å²) in [5.41, 5.74) is 0.419. The number of carbonyl (C=O) groups excluding carboxylic acids is 3. The largest absolute Gasteiger partial charge is 0.481 e. The predicted molar refractivity (Wildman–Crippen MR) is 103 cm³/mol. The van der Waals surface area contributed by atoms with Gasteiger partial charge in [-0.1, -0.05) is 18.1 Å². The molecular formula is C21H14N2O6. The molecule has 0 aliphatic carbocycles. The molecule has 0 atom stereocenters. The summed E-state index contributed by atoms with van der Waals surface area (Å²) in [6, 6.07) is 10.7. The number of amides is 4. The first kappa shape index (κ1) is 19.4. The number of hydrogen-bond donors (Lipinski definition) is 2. The van der Waals surface area contributed by atoms with E-state index >= 15 is 0 Å². The number of carbonyl (C=O) groups is 4. The number of rotatable bonds is 5. The van der Waals surface area contributed by atoms with Gasteiger partial charge >= 0.3 is 12.0 Å². The third-order valence-electron chi connectivity index (χ3n) is 3.99. The average molecular weight is 390 g/mol. The van der Waals surface area contributed by atoms with E-state index in [-0.39, 0.29) is 23.4 Å². The molecule has 0 aromatic heterocycles. The van der Waals surface area contributed by atoms with E-state index in [2.05, 4.69) is 11.2 Å². The van der Waals surface area contributed by atoms with Gasteiger partial charge in [-0.15, -0.1) is 6.42 Å². The monoisotopic (exact) mass is 390 g/mol. The number of hydrogen-bond acceptors (Lipinski definition) is 5. The van der Waals surface area contributed by atoms with Crippen molar-refractivity contribution in [3.63, 3.8) is 0 Å². The lowest BCUT2D eigenvalue weighted by Gasteiger charge is -2.26. The van der Waals surface area contributed by atoms with E-state index in [1.807, 2.05) is 0 Å². The van der Waals surface area contributed by atoms with Crippen LogP contribution in [-0.2, 0) is 9.59 Å². The number of imide groups is 2. The van der Waals surface area contributed by atoms with Gasteiger partial charge in [-0.2, -0.15) is 0 Å². The standard InChI is InChI=1S/C21H14N2O6/c1-2-11-29-16-9-3-13(4-10-16)12-17-18(24)22-21(28)23(19(17)25)15-7-5-14(6-8-15)20(26)27/h1,3-10,12H,11H2,(H,26,27)(H,22,24,28)/b17-12-. The van der Waals surface area contributed by atoms with Crippen molar-refractivity contribution in [2.45, 2.75) is 0 Å². The minimum Gasteiger partial charge on any atom is -0.481 e. The van der Waals surface area contributed by atoms with Crippen LogP contribution in [0.25, 0.3) is 6.08 Å². The Morgan fingerprint density at radius 3 is 2.34 bits per heavy atom. The molecule has 1 fully saturated rings. The molecule has 4 amide bonds. The molecule has 0 bridgehead atoms. The second-order valence-electron chi connectivity index (χ2n) is 5.87. The van der Waals surface area contributed by atoms with Crippen molar-refractivity contribution >= 4 is 35.6 Å². The van der Waals surface area contributed by atoms with E-state index in [0.717, 1.165) is 4.90 Å². The molecule has 144 valence electrons. The van der Waals surface area contributed by atoms with Crippen LogP contribution < -0.4 is 15.0 Å². The summed E-state index contributed by atoms with van der Waals surface area (Å²) < 4.78 is 5.26. The van der Waals surface area contributed by atoms with Gasteiger partial charge in [0.15, 0.2) is 0 Å². The first-order valence-electron chi connectivity index (χ1n) is 8.32. The van der Waals surface area contributed by atoms with Crippen LogP contribution >= 0.6 is 0 Å². The molecule has 1 saturated heterocycles. The average Bonchev–Trinajstić information content (AvgIpc) is 2.70. The Kier molecular flexibility index (Phi) is 5.42. The lowest BCUT2D eigenvalue weighted by atomic mass is 10.1. The topological polar surface area (TPSA) is 113 Å². The summed E-state index contributed by atoms with van der Waals surface area (Å²) in [6.07, 6.45) is 6.47. The molecule has 1 aliphatic heterocycles. The van der Waals surface area contributed by atoms with Crippen LogP contribution in [0.1, 0.15) is 15.9 Å². The van der Waals surface area contributed by atoms with E-state index in [4.69, 9.17) is 16.3 Å². The molecule has 0 radical (unpaired) electrons. The van der Waals surface area contributed by atoms with E-state index < -0.39 is 23.8 Å².